The van der Waals surface area contributed by atoms with Crippen molar-refractivity contribution in [1.29, 1.82) is 0 Å². The van der Waals surface area contributed by atoms with E-state index in [9.17, 15) is 4.39 Å². The van der Waals surface area contributed by atoms with Gasteiger partial charge in [-0.3, -0.25) is 0 Å². The summed E-state index contributed by atoms with van der Waals surface area (Å²) in [7, 11) is 0. The molecule has 48 valence electrons. The molecule has 0 aliphatic carbocycles. The fourth-order valence-electron chi connectivity index (χ4n) is 0.489. The fraction of sp³-hybridized carbons (Fsp3) is 0. The molecule has 0 saturated carbocycles. The van der Waals surface area contributed by atoms with Crippen LogP contribution in [0.5, 0.6) is 0 Å². The van der Waals surface area contributed by atoms with Crippen molar-refractivity contribution in [2.45, 2.75) is 4.90 Å². The molecule has 1 rings (SSSR count). The van der Waals surface area contributed by atoms with E-state index in [1.54, 1.807) is 6.07 Å². The van der Waals surface area contributed by atoms with E-state index in [0.29, 0.717) is 5.02 Å². The van der Waals surface area contributed by atoms with E-state index in [4.69, 9.17) is 11.6 Å². The van der Waals surface area contributed by atoms with E-state index in [1.165, 1.54) is 12.1 Å². The third kappa shape index (κ3) is 1.37. The molecule has 0 aliphatic heterocycles. The Kier molecular flexibility index (Phi) is 1.98. The molecule has 0 bridgehead atoms. The topological polar surface area (TPSA) is 0 Å². The SMILES string of the molecule is Fc1cccc(Cl)c1S. The third-order valence-electron chi connectivity index (χ3n) is 0.938. The second-order valence-electron chi connectivity index (χ2n) is 1.57. The summed E-state index contributed by atoms with van der Waals surface area (Å²) in [6, 6.07) is 4.44. The zero-order chi connectivity index (χ0) is 6.85. The van der Waals surface area contributed by atoms with Gasteiger partial charge in [0.05, 0.1) is 9.92 Å². The Balaban J connectivity index is 3.25. The fourth-order valence-corrected chi connectivity index (χ4v) is 0.801. The summed E-state index contributed by atoms with van der Waals surface area (Å²) in [4.78, 5) is 0.208. The van der Waals surface area contributed by atoms with E-state index in [2.05, 4.69) is 12.6 Å². The van der Waals surface area contributed by atoms with Crippen molar-refractivity contribution in [2.75, 3.05) is 0 Å². The van der Waals surface area contributed by atoms with E-state index in [0.717, 1.165) is 0 Å². The first-order chi connectivity index (χ1) is 4.22. The molecule has 0 saturated heterocycles. The van der Waals surface area contributed by atoms with Crippen LogP contribution in [0.4, 0.5) is 4.39 Å². The van der Waals surface area contributed by atoms with Gasteiger partial charge < -0.3 is 0 Å². The van der Waals surface area contributed by atoms with Gasteiger partial charge in [0.1, 0.15) is 5.82 Å². The van der Waals surface area contributed by atoms with Gasteiger partial charge in [-0.25, -0.2) is 4.39 Å². The molecule has 0 unspecified atom stereocenters. The van der Waals surface area contributed by atoms with Crippen LogP contribution in [0.3, 0.4) is 0 Å². The standard InChI is InChI=1S/C6H4ClFS/c7-4-2-1-3-5(8)6(4)9/h1-3,9H. The Labute approximate surface area is 63.1 Å². The quantitative estimate of drug-likeness (QED) is 0.558. The van der Waals surface area contributed by atoms with Crippen molar-refractivity contribution < 1.29 is 4.39 Å². The highest BCUT2D eigenvalue weighted by atomic mass is 35.5. The summed E-state index contributed by atoms with van der Waals surface area (Å²) in [6.07, 6.45) is 0. The van der Waals surface area contributed by atoms with Gasteiger partial charge in [-0.2, -0.15) is 0 Å². The maximum atomic E-state index is 12.4. The van der Waals surface area contributed by atoms with E-state index < -0.39 is 0 Å². The molecule has 1 aromatic rings. The Hall–Kier alpha value is -0.210. The highest BCUT2D eigenvalue weighted by Crippen LogP contribution is 2.21. The minimum absolute atomic E-state index is 0.208. The molecule has 0 atom stereocenters. The summed E-state index contributed by atoms with van der Waals surface area (Å²) in [5.41, 5.74) is 0. The summed E-state index contributed by atoms with van der Waals surface area (Å²) >= 11 is 9.30. The Bertz CT molecular complexity index is 204. The normalized spacial score (nSPS) is 9.67. The van der Waals surface area contributed by atoms with Crippen molar-refractivity contribution in [3.05, 3.63) is 29.0 Å². The van der Waals surface area contributed by atoms with E-state index in [-0.39, 0.29) is 10.7 Å². The lowest BCUT2D eigenvalue weighted by Crippen LogP contribution is -1.75. The van der Waals surface area contributed by atoms with E-state index in [1.807, 2.05) is 0 Å². The van der Waals surface area contributed by atoms with Crippen molar-refractivity contribution in [1.82, 2.24) is 0 Å². The van der Waals surface area contributed by atoms with E-state index >= 15 is 0 Å². The molecule has 3 heteroatoms. The largest absolute Gasteiger partial charge is 0.206 e. The van der Waals surface area contributed by atoms with Crippen LogP contribution in [-0.4, -0.2) is 0 Å². The van der Waals surface area contributed by atoms with Gasteiger partial charge in [-0.05, 0) is 12.1 Å². The van der Waals surface area contributed by atoms with Gasteiger partial charge in [0, 0.05) is 0 Å². The minimum atomic E-state index is -0.383. The van der Waals surface area contributed by atoms with Gasteiger partial charge in [0.15, 0.2) is 0 Å². The molecular weight excluding hydrogens is 159 g/mol. The maximum absolute atomic E-state index is 12.4. The molecule has 0 heterocycles. The molecule has 0 radical (unpaired) electrons. The summed E-state index contributed by atoms with van der Waals surface area (Å²) < 4.78 is 12.4. The second-order valence-corrected chi connectivity index (χ2v) is 2.42. The van der Waals surface area contributed by atoms with Crippen LogP contribution in [0.15, 0.2) is 23.1 Å². The van der Waals surface area contributed by atoms with Gasteiger partial charge in [-0.15, -0.1) is 12.6 Å². The van der Waals surface area contributed by atoms with Crippen LogP contribution in [0.1, 0.15) is 0 Å². The number of hydrogen-bond donors (Lipinski definition) is 1. The number of rotatable bonds is 0. The minimum Gasteiger partial charge on any atom is -0.206 e. The van der Waals surface area contributed by atoms with Gasteiger partial charge in [0.2, 0.25) is 0 Å². The first-order valence-corrected chi connectivity index (χ1v) is 3.17. The summed E-state index contributed by atoms with van der Waals surface area (Å²) in [5, 5.41) is 0.346. The number of halogens is 2. The lowest BCUT2D eigenvalue weighted by molar-refractivity contribution is 0.603. The van der Waals surface area contributed by atoms with Gasteiger partial charge in [-0.1, -0.05) is 17.7 Å². The highest BCUT2D eigenvalue weighted by Gasteiger charge is 1.98. The molecule has 1 aromatic carbocycles. The molecule has 9 heavy (non-hydrogen) atoms. The number of thiol groups is 1. The highest BCUT2D eigenvalue weighted by molar-refractivity contribution is 7.80. The predicted octanol–water partition coefficient (Wildman–Crippen LogP) is 2.77. The van der Waals surface area contributed by atoms with Gasteiger partial charge in [0.25, 0.3) is 0 Å². The van der Waals surface area contributed by atoms with Crippen molar-refractivity contribution in [3.63, 3.8) is 0 Å². The zero-order valence-corrected chi connectivity index (χ0v) is 6.09. The monoisotopic (exact) mass is 162 g/mol. The average Bonchev–Trinajstić information content (AvgIpc) is 1.83. The molecule has 0 spiro atoms. The maximum Gasteiger partial charge on any atom is 0.138 e. The lowest BCUT2D eigenvalue weighted by Gasteiger charge is -1.94. The number of benzene rings is 1. The first kappa shape index (κ1) is 6.90. The van der Waals surface area contributed by atoms with Crippen LogP contribution < -0.4 is 0 Å². The Morgan fingerprint density at radius 2 is 2.11 bits per heavy atom. The van der Waals surface area contributed by atoms with Gasteiger partial charge >= 0.3 is 0 Å². The second kappa shape index (κ2) is 2.58. The van der Waals surface area contributed by atoms with Crippen molar-refractivity contribution >= 4 is 24.2 Å². The molecule has 0 nitrogen and oxygen atoms in total. The number of hydrogen-bond acceptors (Lipinski definition) is 1. The third-order valence-corrected chi connectivity index (χ3v) is 1.84. The van der Waals surface area contributed by atoms with Crippen molar-refractivity contribution in [2.24, 2.45) is 0 Å². The molecule has 0 fully saturated rings. The molecular formula is C6H4ClFS. The Morgan fingerprint density at radius 1 is 1.44 bits per heavy atom. The van der Waals surface area contributed by atoms with Crippen LogP contribution in [0.25, 0.3) is 0 Å². The van der Waals surface area contributed by atoms with Crippen LogP contribution in [0, 0.1) is 5.82 Å². The Morgan fingerprint density at radius 3 is 2.56 bits per heavy atom. The molecule has 0 N–H and O–H groups in total. The van der Waals surface area contributed by atoms with Crippen LogP contribution in [0.2, 0.25) is 5.02 Å². The van der Waals surface area contributed by atoms with Crippen LogP contribution >= 0.6 is 24.2 Å². The average molecular weight is 163 g/mol. The molecule has 0 amide bonds. The summed E-state index contributed by atoms with van der Waals surface area (Å²) in [5.74, 6) is -0.383. The smallest absolute Gasteiger partial charge is 0.138 e. The molecule has 0 aliphatic rings. The first-order valence-electron chi connectivity index (χ1n) is 2.35. The van der Waals surface area contributed by atoms with Crippen molar-refractivity contribution in [3.8, 4) is 0 Å². The molecule has 0 aromatic heterocycles. The summed E-state index contributed by atoms with van der Waals surface area (Å²) in [6.45, 7) is 0. The zero-order valence-electron chi connectivity index (χ0n) is 4.44. The lowest BCUT2D eigenvalue weighted by atomic mass is 10.3. The predicted molar refractivity (Wildman–Crippen MR) is 38.7 cm³/mol. The van der Waals surface area contributed by atoms with Crippen LogP contribution in [-0.2, 0) is 0 Å².